The zero-order valence-corrected chi connectivity index (χ0v) is 14.9. The predicted molar refractivity (Wildman–Crippen MR) is 90.0 cm³/mol. The first kappa shape index (κ1) is 16.8. The number of ether oxygens (including phenoxy) is 1. The van der Waals surface area contributed by atoms with Gasteiger partial charge in [-0.25, -0.2) is 9.67 Å². The molecule has 0 N–H and O–H groups in total. The molecule has 0 spiro atoms. The Kier molecular flexibility index (Phi) is 4.52. The Hall–Kier alpha value is -1.55. The summed E-state index contributed by atoms with van der Waals surface area (Å²) in [5.74, 6) is 1.27. The maximum atomic E-state index is 6.31. The smallest absolute Gasteiger partial charge is 0.233 e. The summed E-state index contributed by atoms with van der Waals surface area (Å²) in [6.45, 7) is 13.3. The van der Waals surface area contributed by atoms with Gasteiger partial charge in [0.1, 0.15) is 5.15 Å². The fraction of sp³-hybridized carbons (Fsp3) is 0.529. The van der Waals surface area contributed by atoms with Gasteiger partial charge in [-0.2, -0.15) is 0 Å². The molecule has 0 aliphatic carbocycles. The van der Waals surface area contributed by atoms with Gasteiger partial charge < -0.3 is 4.74 Å². The minimum atomic E-state index is -0.0340. The Balaban J connectivity index is 2.19. The SMILES string of the molecule is CC(C)(C)COc1ccn(-c2ccc(C(C)(C)C)c(Cl)n2)n1. The fourth-order valence-corrected chi connectivity index (χ4v) is 2.35. The molecule has 0 amide bonds. The van der Waals surface area contributed by atoms with Crippen molar-refractivity contribution < 1.29 is 4.74 Å². The molecule has 2 aromatic heterocycles. The molecule has 5 heteroatoms. The molecule has 0 saturated heterocycles. The third kappa shape index (κ3) is 4.23. The molecule has 2 heterocycles. The van der Waals surface area contributed by atoms with Crippen molar-refractivity contribution in [2.24, 2.45) is 5.41 Å². The van der Waals surface area contributed by atoms with E-state index in [2.05, 4.69) is 51.6 Å². The summed E-state index contributed by atoms with van der Waals surface area (Å²) in [5, 5.41) is 4.90. The van der Waals surface area contributed by atoms with Crippen LogP contribution in [0.3, 0.4) is 0 Å². The lowest BCUT2D eigenvalue weighted by Crippen LogP contribution is -2.17. The van der Waals surface area contributed by atoms with Gasteiger partial charge in [0.25, 0.3) is 0 Å². The average Bonchev–Trinajstić information content (AvgIpc) is 2.82. The van der Waals surface area contributed by atoms with Crippen LogP contribution in [0.1, 0.15) is 47.1 Å². The van der Waals surface area contributed by atoms with E-state index >= 15 is 0 Å². The molecule has 0 aliphatic heterocycles. The van der Waals surface area contributed by atoms with Gasteiger partial charge in [-0.3, -0.25) is 0 Å². The molecule has 0 saturated carbocycles. The first-order chi connectivity index (χ1) is 10.1. The van der Waals surface area contributed by atoms with Crippen LogP contribution in [0.4, 0.5) is 0 Å². The third-order valence-corrected chi connectivity index (χ3v) is 3.38. The van der Waals surface area contributed by atoms with E-state index in [-0.39, 0.29) is 10.8 Å². The number of nitrogens with zero attached hydrogens (tertiary/aromatic N) is 3. The van der Waals surface area contributed by atoms with Crippen molar-refractivity contribution in [1.82, 2.24) is 14.8 Å². The van der Waals surface area contributed by atoms with Crippen molar-refractivity contribution in [3.63, 3.8) is 0 Å². The molecule has 0 aromatic carbocycles. The summed E-state index contributed by atoms with van der Waals surface area (Å²) in [6.07, 6.45) is 1.83. The van der Waals surface area contributed by atoms with Gasteiger partial charge in [0.2, 0.25) is 5.88 Å². The van der Waals surface area contributed by atoms with Crippen LogP contribution in [-0.2, 0) is 5.41 Å². The van der Waals surface area contributed by atoms with E-state index in [9.17, 15) is 0 Å². The summed E-state index contributed by atoms with van der Waals surface area (Å²) >= 11 is 6.31. The summed E-state index contributed by atoms with van der Waals surface area (Å²) in [7, 11) is 0. The van der Waals surface area contributed by atoms with Gasteiger partial charge in [-0.1, -0.05) is 59.2 Å². The van der Waals surface area contributed by atoms with Gasteiger partial charge in [-0.05, 0) is 22.5 Å². The third-order valence-electron chi connectivity index (χ3n) is 3.09. The Morgan fingerprint density at radius 2 is 1.77 bits per heavy atom. The quantitative estimate of drug-likeness (QED) is 0.773. The van der Waals surface area contributed by atoms with Crippen LogP contribution in [0, 0.1) is 5.41 Å². The Bertz CT molecular complexity index is 651. The van der Waals surface area contributed by atoms with E-state index in [0.29, 0.717) is 23.5 Å². The molecule has 2 rings (SSSR count). The van der Waals surface area contributed by atoms with E-state index in [1.165, 1.54) is 0 Å². The number of hydrogen-bond acceptors (Lipinski definition) is 3. The molecular weight excluding hydrogens is 298 g/mol. The number of aromatic nitrogens is 3. The molecule has 0 unspecified atom stereocenters. The van der Waals surface area contributed by atoms with E-state index < -0.39 is 0 Å². The molecule has 22 heavy (non-hydrogen) atoms. The number of halogens is 1. The van der Waals surface area contributed by atoms with Crippen LogP contribution in [0.5, 0.6) is 5.88 Å². The zero-order chi connectivity index (χ0) is 16.5. The summed E-state index contributed by atoms with van der Waals surface area (Å²) in [5.41, 5.74) is 1.09. The highest BCUT2D eigenvalue weighted by molar-refractivity contribution is 6.30. The van der Waals surface area contributed by atoms with Gasteiger partial charge in [-0.15, -0.1) is 5.10 Å². The second-order valence-electron chi connectivity index (χ2n) is 7.71. The van der Waals surface area contributed by atoms with E-state index in [1.807, 2.05) is 24.4 Å². The number of hydrogen-bond donors (Lipinski definition) is 0. The van der Waals surface area contributed by atoms with Crippen molar-refractivity contribution in [1.29, 1.82) is 0 Å². The minimum absolute atomic E-state index is 0.0340. The van der Waals surface area contributed by atoms with Gasteiger partial charge in [0.05, 0.1) is 6.61 Å². The van der Waals surface area contributed by atoms with Gasteiger partial charge in [0.15, 0.2) is 5.82 Å². The van der Waals surface area contributed by atoms with Crippen LogP contribution < -0.4 is 4.74 Å². The molecule has 120 valence electrons. The zero-order valence-electron chi connectivity index (χ0n) is 14.1. The Labute approximate surface area is 137 Å². The van der Waals surface area contributed by atoms with Crippen LogP contribution in [0.2, 0.25) is 5.15 Å². The van der Waals surface area contributed by atoms with Crippen LogP contribution in [-0.4, -0.2) is 21.4 Å². The first-order valence-electron chi connectivity index (χ1n) is 7.42. The topological polar surface area (TPSA) is 39.9 Å². The lowest BCUT2D eigenvalue weighted by atomic mass is 9.88. The molecule has 0 atom stereocenters. The monoisotopic (exact) mass is 321 g/mol. The second kappa shape index (κ2) is 5.92. The van der Waals surface area contributed by atoms with Crippen molar-refractivity contribution >= 4 is 11.6 Å². The van der Waals surface area contributed by atoms with Crippen LogP contribution >= 0.6 is 11.6 Å². The normalized spacial score (nSPS) is 12.5. The van der Waals surface area contributed by atoms with Crippen molar-refractivity contribution in [2.45, 2.75) is 47.0 Å². The molecule has 4 nitrogen and oxygen atoms in total. The van der Waals surface area contributed by atoms with Crippen LogP contribution in [0.15, 0.2) is 24.4 Å². The van der Waals surface area contributed by atoms with Crippen molar-refractivity contribution in [3.8, 4) is 11.7 Å². The summed E-state index contributed by atoms with van der Waals surface area (Å²) in [6, 6.07) is 5.76. The maximum absolute atomic E-state index is 6.31. The molecule has 0 bridgehead atoms. The highest BCUT2D eigenvalue weighted by atomic mass is 35.5. The Morgan fingerprint density at radius 3 is 2.32 bits per heavy atom. The van der Waals surface area contributed by atoms with E-state index in [1.54, 1.807) is 4.68 Å². The average molecular weight is 322 g/mol. The van der Waals surface area contributed by atoms with Gasteiger partial charge in [0, 0.05) is 12.3 Å². The molecule has 0 radical (unpaired) electrons. The van der Waals surface area contributed by atoms with Crippen molar-refractivity contribution in [3.05, 3.63) is 35.1 Å². The Morgan fingerprint density at radius 1 is 1.09 bits per heavy atom. The molecule has 0 fully saturated rings. The second-order valence-corrected chi connectivity index (χ2v) is 8.06. The fourth-order valence-electron chi connectivity index (χ4n) is 1.91. The maximum Gasteiger partial charge on any atom is 0.233 e. The van der Waals surface area contributed by atoms with Crippen LogP contribution in [0.25, 0.3) is 5.82 Å². The minimum Gasteiger partial charge on any atom is -0.476 e. The molecular formula is C17H24ClN3O. The standard InChI is InChI=1S/C17H24ClN3O/c1-16(2,3)11-22-14-9-10-21(20-14)13-8-7-12(15(18)19-13)17(4,5)6/h7-10H,11H2,1-6H3. The first-order valence-corrected chi connectivity index (χ1v) is 7.80. The lowest BCUT2D eigenvalue weighted by molar-refractivity contribution is 0.190. The largest absolute Gasteiger partial charge is 0.476 e. The van der Waals surface area contributed by atoms with E-state index in [0.717, 1.165) is 5.56 Å². The number of pyridine rings is 1. The molecule has 0 aliphatic rings. The lowest BCUT2D eigenvalue weighted by Gasteiger charge is -2.20. The summed E-state index contributed by atoms with van der Waals surface area (Å²) < 4.78 is 7.36. The highest BCUT2D eigenvalue weighted by Crippen LogP contribution is 2.28. The molecule has 2 aromatic rings. The summed E-state index contributed by atoms with van der Waals surface area (Å²) in [4.78, 5) is 4.44. The van der Waals surface area contributed by atoms with Gasteiger partial charge >= 0.3 is 0 Å². The van der Waals surface area contributed by atoms with Crippen molar-refractivity contribution in [2.75, 3.05) is 6.61 Å². The predicted octanol–water partition coefficient (Wildman–Crippen LogP) is 4.64. The number of rotatable bonds is 3. The highest BCUT2D eigenvalue weighted by Gasteiger charge is 2.19. The van der Waals surface area contributed by atoms with E-state index in [4.69, 9.17) is 16.3 Å².